The maximum atomic E-state index is 12.5. The molecule has 12 unspecified atom stereocenters. The van der Waals surface area contributed by atoms with Gasteiger partial charge in [0.2, 0.25) is 0 Å². The van der Waals surface area contributed by atoms with E-state index in [-0.39, 0.29) is 119 Å². The van der Waals surface area contributed by atoms with Crippen LogP contribution in [0.3, 0.4) is 0 Å². The zero-order valence-corrected chi connectivity index (χ0v) is 64.0. The van der Waals surface area contributed by atoms with Crippen molar-refractivity contribution in [2.75, 3.05) is 13.2 Å². The van der Waals surface area contributed by atoms with Gasteiger partial charge in [-0.3, -0.25) is 42.5 Å². The second-order valence-corrected chi connectivity index (χ2v) is 38.2. The molecule has 0 spiro atoms. The first-order chi connectivity index (χ1) is 46.0. The van der Waals surface area contributed by atoms with E-state index in [9.17, 15) is 51.9 Å². The molecular formula is C78H124O20S. The van der Waals surface area contributed by atoms with E-state index in [1.54, 1.807) is 13.8 Å². The topological polar surface area (TPSA) is 274 Å². The minimum atomic E-state index is -3.56. The number of hydrogen-bond donors (Lipinski definition) is 1. The van der Waals surface area contributed by atoms with Gasteiger partial charge in [-0.15, -0.1) is 0 Å². The molecule has 562 valence electrons. The van der Waals surface area contributed by atoms with Crippen molar-refractivity contribution in [1.29, 1.82) is 0 Å². The SMILES string of the molecule is CCC(C)(C)C(=O)OC1(C)C2CC3CC(C2)CC1C3.CCC(C)(C)C(=O)OC1(C)CCCC1.CCC(C)(C)C(=O)OC12CC3CC(CC(O)(C3)C1)C2.CCC(C)(C)C(=O)OC1C2CC3C(=O)OC1C3C2.CCC(C)(C)C(=O)OCCOC(=O)CCC(=O)OC1C2CC3C1OS(=O)(=O)C3C2. The van der Waals surface area contributed by atoms with Gasteiger partial charge in [-0.2, -0.15) is 8.42 Å². The highest BCUT2D eigenvalue weighted by Gasteiger charge is 2.67. The summed E-state index contributed by atoms with van der Waals surface area (Å²) in [6, 6.07) is 0. The van der Waals surface area contributed by atoms with Crippen LogP contribution in [0.1, 0.15) is 285 Å². The van der Waals surface area contributed by atoms with Gasteiger partial charge in [0.1, 0.15) is 54.4 Å². The van der Waals surface area contributed by atoms with Crippen LogP contribution in [-0.2, 0) is 90.6 Å². The Morgan fingerprint density at radius 1 is 0.505 bits per heavy atom. The van der Waals surface area contributed by atoms with Gasteiger partial charge in [0.05, 0.1) is 56.7 Å². The van der Waals surface area contributed by atoms with E-state index in [0.29, 0.717) is 61.2 Å². The van der Waals surface area contributed by atoms with Crippen LogP contribution in [0.5, 0.6) is 0 Å². The van der Waals surface area contributed by atoms with Crippen LogP contribution >= 0.6 is 0 Å². The summed E-state index contributed by atoms with van der Waals surface area (Å²) in [6.45, 7) is 33.3. The summed E-state index contributed by atoms with van der Waals surface area (Å²) in [6.07, 6.45) is 21.7. The molecule has 2 aliphatic heterocycles. The molecule has 0 radical (unpaired) electrons. The Labute approximate surface area is 591 Å². The minimum absolute atomic E-state index is 0.00904. The third-order valence-electron chi connectivity index (χ3n) is 27.0. The first-order valence-electron chi connectivity index (χ1n) is 38.3. The number of hydrogen-bond acceptors (Lipinski definition) is 20. The van der Waals surface area contributed by atoms with Crippen molar-refractivity contribution < 1.29 is 94.0 Å². The van der Waals surface area contributed by atoms with E-state index >= 15 is 0 Å². The van der Waals surface area contributed by atoms with Crippen LogP contribution in [-0.4, -0.2) is 127 Å². The number of carbonyl (C=O) groups is 8. The molecule has 15 aliphatic rings. The molecule has 15 rings (SSSR count). The van der Waals surface area contributed by atoms with Gasteiger partial charge >= 0.3 is 47.8 Å². The first-order valence-corrected chi connectivity index (χ1v) is 39.7. The Morgan fingerprint density at radius 3 is 1.49 bits per heavy atom. The molecule has 2 heterocycles. The molecule has 15 fully saturated rings. The zero-order chi connectivity index (χ0) is 73.0. The summed E-state index contributed by atoms with van der Waals surface area (Å²) in [4.78, 5) is 96.0. The average Bonchev–Trinajstić information content (AvgIpc) is 1.51. The number of fused-ring (bicyclic) bond motifs is 2. The van der Waals surface area contributed by atoms with Crippen molar-refractivity contribution in [2.45, 2.75) is 337 Å². The number of ether oxygens (including phenoxy) is 8. The summed E-state index contributed by atoms with van der Waals surface area (Å²) in [7, 11) is -3.56. The lowest BCUT2D eigenvalue weighted by molar-refractivity contribution is -0.225. The summed E-state index contributed by atoms with van der Waals surface area (Å²) in [5.74, 6) is 2.92. The van der Waals surface area contributed by atoms with Crippen molar-refractivity contribution in [3.63, 3.8) is 0 Å². The number of esters is 8. The number of aliphatic hydroxyl groups is 1. The van der Waals surface area contributed by atoms with Gasteiger partial charge in [0, 0.05) is 30.1 Å². The van der Waals surface area contributed by atoms with Crippen LogP contribution in [0.2, 0.25) is 0 Å². The lowest BCUT2D eigenvalue weighted by Gasteiger charge is -2.59. The molecule has 12 atom stereocenters. The lowest BCUT2D eigenvalue weighted by atomic mass is 9.50. The molecule has 20 nitrogen and oxygen atoms in total. The predicted octanol–water partition coefficient (Wildman–Crippen LogP) is 13.8. The number of rotatable bonds is 21. The fourth-order valence-electron chi connectivity index (χ4n) is 18.9. The number of carbonyl (C=O) groups excluding carboxylic acids is 8. The third-order valence-corrected chi connectivity index (χ3v) is 28.8. The Balaban J connectivity index is 0.000000148. The maximum Gasteiger partial charge on any atom is 0.312 e. The van der Waals surface area contributed by atoms with Crippen molar-refractivity contribution in [2.24, 2.45) is 92.2 Å². The molecule has 0 aromatic rings. The van der Waals surface area contributed by atoms with E-state index in [4.69, 9.17) is 42.1 Å². The molecular weight excluding hydrogens is 1290 g/mol. The fraction of sp³-hybridized carbons (Fsp3) is 0.897. The van der Waals surface area contributed by atoms with Gasteiger partial charge in [-0.1, -0.05) is 34.6 Å². The van der Waals surface area contributed by atoms with Gasteiger partial charge < -0.3 is 43.0 Å². The Morgan fingerprint density at radius 2 is 0.960 bits per heavy atom. The average molecular weight is 1410 g/mol. The molecule has 0 aromatic carbocycles. The van der Waals surface area contributed by atoms with Crippen LogP contribution < -0.4 is 0 Å². The second kappa shape index (κ2) is 29.6. The van der Waals surface area contributed by atoms with E-state index in [1.165, 1.54) is 51.4 Å². The van der Waals surface area contributed by atoms with E-state index in [2.05, 4.69) is 20.8 Å². The smallest absolute Gasteiger partial charge is 0.312 e. The van der Waals surface area contributed by atoms with E-state index in [1.807, 2.05) is 83.1 Å². The molecule has 2 saturated heterocycles. The lowest BCUT2D eigenvalue weighted by Crippen LogP contribution is -2.61. The molecule has 1 N–H and O–H groups in total. The summed E-state index contributed by atoms with van der Waals surface area (Å²) >= 11 is 0. The van der Waals surface area contributed by atoms with Crippen LogP contribution in [0, 0.1) is 92.2 Å². The summed E-state index contributed by atoms with van der Waals surface area (Å²) < 4.78 is 73.2. The highest BCUT2D eigenvalue weighted by molar-refractivity contribution is 7.87. The standard InChI is InChI=1S/C19H28O9S.C17H28O2.C16H26O3.C14H20O4.C12H22O2/c1-4-19(2,3)18(22)26-8-7-25-14(20)5-6-15(21)27-16-11-9-12-13(10-11)29(23,24)28-17(12)16;1-5-16(2,3)15(18)19-17(4)13-7-11-6-12(9-13)10-14(17)8-11;1-4-14(2,3)13(17)19-16-8-11-5-12(9-16)7-15(18,6-11)10-16;1-4-14(2,3)13(16)18-10-7-5-8-9(6-7)12(15)17-11(8)10;1-5-11(2,3)10(13)14-12(4)8-6-7-9-12/h11-13,16-17H,4-10H2,1-3H3;11-14H,5-10H2,1-4H3;11-12,18H,4-10H2,1-3H3;7-11H,4-6H2,1-3H3;5-9H2,1-4H3. The Bertz CT molecular complexity index is 3040. The molecule has 21 heteroatoms. The summed E-state index contributed by atoms with van der Waals surface area (Å²) in [5.41, 5.74) is -3.38. The Kier molecular flexibility index (Phi) is 23.6. The highest BCUT2D eigenvalue weighted by Crippen LogP contribution is 2.62. The van der Waals surface area contributed by atoms with Gasteiger partial charge in [-0.25, -0.2) is 0 Å². The molecule has 12 bridgehead atoms. The first kappa shape index (κ1) is 78.8. The highest BCUT2D eigenvalue weighted by atomic mass is 32.2. The van der Waals surface area contributed by atoms with Crippen LogP contribution in [0.25, 0.3) is 0 Å². The van der Waals surface area contributed by atoms with E-state index < -0.39 is 61.4 Å². The third kappa shape index (κ3) is 17.2. The van der Waals surface area contributed by atoms with Gasteiger partial charge in [-0.05, 0) is 266 Å². The molecule has 0 amide bonds. The second-order valence-electron chi connectivity index (χ2n) is 36.4. The zero-order valence-electron chi connectivity index (χ0n) is 63.1. The monoisotopic (exact) mass is 1410 g/mol. The van der Waals surface area contributed by atoms with Crippen LogP contribution in [0.15, 0.2) is 0 Å². The summed E-state index contributed by atoms with van der Waals surface area (Å²) in [5, 5.41) is 10.2. The Hall–Kier alpha value is -4.37. The maximum absolute atomic E-state index is 12.5. The van der Waals surface area contributed by atoms with E-state index in [0.717, 1.165) is 88.9 Å². The molecule has 13 aliphatic carbocycles. The fourth-order valence-corrected chi connectivity index (χ4v) is 20.8. The molecule has 0 aromatic heterocycles. The molecule has 99 heavy (non-hydrogen) atoms. The quantitative estimate of drug-likeness (QED) is 0.0484. The van der Waals surface area contributed by atoms with Gasteiger partial charge in [0.15, 0.2) is 0 Å². The van der Waals surface area contributed by atoms with Gasteiger partial charge in [0.25, 0.3) is 10.1 Å². The van der Waals surface area contributed by atoms with Crippen molar-refractivity contribution in [3.05, 3.63) is 0 Å². The van der Waals surface area contributed by atoms with Crippen molar-refractivity contribution in [3.8, 4) is 0 Å². The van der Waals surface area contributed by atoms with Crippen LogP contribution in [0.4, 0.5) is 0 Å². The normalized spacial score (nSPS) is 36.7. The predicted molar refractivity (Wildman–Crippen MR) is 368 cm³/mol. The largest absolute Gasteiger partial charge is 0.462 e. The van der Waals surface area contributed by atoms with Crippen molar-refractivity contribution >= 4 is 57.9 Å². The molecule has 13 saturated carbocycles. The minimum Gasteiger partial charge on any atom is -0.462 e. The van der Waals surface area contributed by atoms with Crippen molar-refractivity contribution in [1.82, 2.24) is 0 Å².